The second-order valence-corrected chi connectivity index (χ2v) is 8.69. The van der Waals surface area contributed by atoms with Crippen molar-refractivity contribution >= 4 is 40.5 Å². The number of rotatable bonds is 6. The number of hydrogen-bond donors (Lipinski definition) is 2. The fraction of sp³-hybridized carbons (Fsp3) is 0.107. The minimum atomic E-state index is -0.646. The van der Waals surface area contributed by atoms with Crippen molar-refractivity contribution in [3.05, 3.63) is 107 Å². The van der Waals surface area contributed by atoms with Crippen molar-refractivity contribution in [2.45, 2.75) is 13.5 Å². The number of carbonyl (C=O) groups is 3. The van der Waals surface area contributed by atoms with Gasteiger partial charge in [-0.15, -0.1) is 0 Å². The fourth-order valence-corrected chi connectivity index (χ4v) is 4.14. The van der Waals surface area contributed by atoms with Gasteiger partial charge in [-0.1, -0.05) is 35.9 Å². The molecule has 2 N–H and O–H groups in total. The highest BCUT2D eigenvalue weighted by atomic mass is 19.1. The molecule has 3 aromatic carbocycles. The van der Waals surface area contributed by atoms with Gasteiger partial charge in [0.2, 0.25) is 5.91 Å². The monoisotopic (exact) mass is 482 g/mol. The maximum absolute atomic E-state index is 13.5. The molecule has 0 atom stereocenters. The van der Waals surface area contributed by atoms with Crippen molar-refractivity contribution in [3.63, 3.8) is 0 Å². The van der Waals surface area contributed by atoms with Crippen molar-refractivity contribution in [1.29, 1.82) is 0 Å². The van der Waals surface area contributed by atoms with Gasteiger partial charge in [-0.05, 0) is 66.6 Å². The number of fused-ring (bicyclic) bond motifs is 1. The summed E-state index contributed by atoms with van der Waals surface area (Å²) in [6.07, 6.45) is 3.50. The van der Waals surface area contributed by atoms with Gasteiger partial charge in [0, 0.05) is 29.3 Å². The predicted octanol–water partition coefficient (Wildman–Crippen LogP) is 4.67. The molecule has 5 rings (SSSR count). The first kappa shape index (κ1) is 23.0. The lowest BCUT2D eigenvalue weighted by atomic mass is 10.1. The number of hydrogen-bond acceptors (Lipinski definition) is 3. The molecule has 8 heteroatoms. The zero-order valence-electron chi connectivity index (χ0n) is 19.5. The van der Waals surface area contributed by atoms with E-state index < -0.39 is 24.4 Å². The van der Waals surface area contributed by atoms with Crippen molar-refractivity contribution in [3.8, 4) is 0 Å². The van der Waals surface area contributed by atoms with E-state index in [-0.39, 0.29) is 11.5 Å². The van der Waals surface area contributed by atoms with E-state index in [4.69, 9.17) is 0 Å². The minimum absolute atomic E-state index is 0.0988. The summed E-state index contributed by atoms with van der Waals surface area (Å²) in [5, 5.41) is 6.17. The van der Waals surface area contributed by atoms with Crippen LogP contribution < -0.4 is 10.6 Å². The van der Waals surface area contributed by atoms with E-state index in [1.165, 1.54) is 12.1 Å². The second kappa shape index (κ2) is 9.50. The Morgan fingerprint density at radius 1 is 1.03 bits per heavy atom. The highest BCUT2D eigenvalue weighted by Crippen LogP contribution is 2.22. The van der Waals surface area contributed by atoms with Crippen LogP contribution in [0.15, 0.2) is 84.7 Å². The number of amides is 4. The summed E-state index contributed by atoms with van der Waals surface area (Å²) in [5.41, 5.74) is 4.27. The zero-order chi connectivity index (χ0) is 25.2. The van der Waals surface area contributed by atoms with Crippen LogP contribution in [-0.2, 0) is 16.1 Å². The van der Waals surface area contributed by atoms with E-state index in [0.29, 0.717) is 12.2 Å². The molecule has 1 fully saturated rings. The normalized spacial score (nSPS) is 14.5. The van der Waals surface area contributed by atoms with E-state index in [2.05, 4.69) is 10.6 Å². The number of nitrogens with one attached hydrogen (secondary N) is 2. The van der Waals surface area contributed by atoms with E-state index in [1.54, 1.807) is 24.3 Å². The summed E-state index contributed by atoms with van der Waals surface area (Å²) in [4.78, 5) is 38.4. The SMILES string of the molecule is Cc1ccc(NC(=O)CN2C(=O)N/C(=C/c3ccc4c(ccn4Cc4cccc(F)c4)c3)C2=O)cc1. The first-order valence-electron chi connectivity index (χ1n) is 11.4. The molecule has 1 aliphatic rings. The smallest absolute Gasteiger partial charge is 0.329 e. The molecule has 1 aliphatic heterocycles. The second-order valence-electron chi connectivity index (χ2n) is 8.69. The molecule has 0 saturated carbocycles. The number of imide groups is 1. The first-order valence-corrected chi connectivity index (χ1v) is 11.4. The largest absolute Gasteiger partial charge is 0.343 e. The Hall–Kier alpha value is -4.72. The zero-order valence-corrected chi connectivity index (χ0v) is 19.5. The lowest BCUT2D eigenvalue weighted by Gasteiger charge is -2.12. The van der Waals surface area contributed by atoms with Gasteiger partial charge >= 0.3 is 6.03 Å². The van der Waals surface area contributed by atoms with Crippen LogP contribution in [-0.4, -0.2) is 33.9 Å². The summed E-state index contributed by atoms with van der Waals surface area (Å²) >= 11 is 0. The molecule has 0 radical (unpaired) electrons. The number of benzene rings is 3. The number of halogens is 1. The number of aryl methyl sites for hydroxylation is 1. The predicted molar refractivity (Wildman–Crippen MR) is 135 cm³/mol. The Bertz CT molecular complexity index is 1520. The Morgan fingerprint density at radius 2 is 1.83 bits per heavy atom. The molecule has 1 aromatic heterocycles. The third kappa shape index (κ3) is 4.88. The molecular formula is C28H23FN4O3. The lowest BCUT2D eigenvalue weighted by molar-refractivity contribution is -0.127. The number of urea groups is 1. The van der Waals surface area contributed by atoms with E-state index in [1.807, 2.05) is 60.2 Å². The van der Waals surface area contributed by atoms with Gasteiger partial charge in [-0.2, -0.15) is 0 Å². The van der Waals surface area contributed by atoms with Gasteiger partial charge in [0.25, 0.3) is 5.91 Å². The van der Waals surface area contributed by atoms with Gasteiger partial charge in [-0.25, -0.2) is 14.1 Å². The summed E-state index contributed by atoms with van der Waals surface area (Å²) in [5.74, 6) is -1.31. The van der Waals surface area contributed by atoms with Crippen LogP contribution in [0, 0.1) is 12.7 Å². The fourth-order valence-electron chi connectivity index (χ4n) is 4.14. The van der Waals surface area contributed by atoms with Crippen molar-refractivity contribution in [1.82, 2.24) is 14.8 Å². The number of nitrogens with zero attached hydrogens (tertiary/aromatic N) is 2. The first-order chi connectivity index (χ1) is 17.4. The molecule has 0 spiro atoms. The molecule has 0 aliphatic carbocycles. The molecule has 0 unspecified atom stereocenters. The number of aromatic nitrogens is 1. The van der Waals surface area contributed by atoms with Crippen LogP contribution in [0.25, 0.3) is 17.0 Å². The minimum Gasteiger partial charge on any atom is -0.343 e. The maximum Gasteiger partial charge on any atom is 0.329 e. The summed E-state index contributed by atoms with van der Waals surface area (Å²) < 4.78 is 15.5. The highest BCUT2D eigenvalue weighted by molar-refractivity contribution is 6.16. The number of carbonyl (C=O) groups excluding carboxylic acids is 3. The standard InChI is InChI=1S/C28H23FN4O3/c1-18-5-8-23(9-6-18)30-26(34)17-33-27(35)24(31-28(33)36)15-19-7-10-25-21(13-19)11-12-32(25)16-20-3-2-4-22(29)14-20/h2-15H,16-17H2,1H3,(H,30,34)(H,31,36)/b24-15+. The average Bonchev–Trinajstić information content (AvgIpc) is 3.36. The Labute approximate surface area is 206 Å². The molecule has 1 saturated heterocycles. The topological polar surface area (TPSA) is 83.4 Å². The van der Waals surface area contributed by atoms with E-state index >= 15 is 0 Å². The van der Waals surface area contributed by atoms with Gasteiger partial charge in [0.05, 0.1) is 0 Å². The quantitative estimate of drug-likeness (QED) is 0.310. The summed E-state index contributed by atoms with van der Waals surface area (Å²) in [6.45, 7) is 2.07. The summed E-state index contributed by atoms with van der Waals surface area (Å²) in [7, 11) is 0. The van der Waals surface area contributed by atoms with Crippen LogP contribution in [0.2, 0.25) is 0 Å². The van der Waals surface area contributed by atoms with Crippen LogP contribution in [0.5, 0.6) is 0 Å². The molecule has 7 nitrogen and oxygen atoms in total. The van der Waals surface area contributed by atoms with Crippen LogP contribution in [0.3, 0.4) is 0 Å². The van der Waals surface area contributed by atoms with Crippen LogP contribution in [0.1, 0.15) is 16.7 Å². The van der Waals surface area contributed by atoms with Gasteiger partial charge in [0.15, 0.2) is 0 Å². The van der Waals surface area contributed by atoms with Gasteiger partial charge in [0.1, 0.15) is 18.1 Å². The van der Waals surface area contributed by atoms with Gasteiger partial charge < -0.3 is 15.2 Å². The Balaban J connectivity index is 1.29. The highest BCUT2D eigenvalue weighted by Gasteiger charge is 2.34. The van der Waals surface area contributed by atoms with E-state index in [0.717, 1.165) is 32.5 Å². The Kier molecular flexibility index (Phi) is 6.08. The van der Waals surface area contributed by atoms with Crippen LogP contribution in [0.4, 0.5) is 14.9 Å². The third-order valence-electron chi connectivity index (χ3n) is 5.95. The molecular weight excluding hydrogens is 459 g/mol. The number of anilines is 1. The molecule has 2 heterocycles. The van der Waals surface area contributed by atoms with Crippen molar-refractivity contribution in [2.24, 2.45) is 0 Å². The summed E-state index contributed by atoms with van der Waals surface area (Å²) in [6, 6.07) is 20.6. The molecule has 36 heavy (non-hydrogen) atoms. The van der Waals surface area contributed by atoms with E-state index in [9.17, 15) is 18.8 Å². The average molecular weight is 483 g/mol. The lowest BCUT2D eigenvalue weighted by Crippen LogP contribution is -2.38. The maximum atomic E-state index is 13.5. The molecule has 0 bridgehead atoms. The van der Waals surface area contributed by atoms with Crippen LogP contribution >= 0.6 is 0 Å². The van der Waals surface area contributed by atoms with Crippen molar-refractivity contribution < 1.29 is 18.8 Å². The Morgan fingerprint density at radius 3 is 2.61 bits per heavy atom. The molecule has 180 valence electrons. The van der Waals surface area contributed by atoms with Crippen molar-refractivity contribution in [2.75, 3.05) is 11.9 Å². The molecule has 4 aromatic rings. The molecule has 4 amide bonds. The van der Waals surface area contributed by atoms with Gasteiger partial charge in [-0.3, -0.25) is 9.59 Å². The third-order valence-corrected chi connectivity index (χ3v) is 5.95.